The number of halogens is 2. The van der Waals surface area contributed by atoms with Crippen LogP contribution in [0.1, 0.15) is 11.4 Å². The average Bonchev–Trinajstić information content (AvgIpc) is 3.09. The number of para-hydroxylation sites is 1. The minimum absolute atomic E-state index is 0.0203. The molecule has 6 nitrogen and oxygen atoms in total. The summed E-state index contributed by atoms with van der Waals surface area (Å²) in [4.78, 5) is 32.6. The lowest BCUT2D eigenvalue weighted by Crippen LogP contribution is -2.26. The highest BCUT2D eigenvalue weighted by Crippen LogP contribution is 2.21. The Balaban J connectivity index is 1.72. The van der Waals surface area contributed by atoms with Crippen LogP contribution in [0, 0.1) is 0 Å². The molecule has 0 aliphatic heterocycles. The van der Waals surface area contributed by atoms with Gasteiger partial charge in [0.25, 0.3) is 5.56 Å². The second-order valence-corrected chi connectivity index (χ2v) is 6.51. The second-order valence-electron chi connectivity index (χ2n) is 5.59. The number of fused-ring (bicyclic) bond motifs is 1. The normalized spacial score (nSPS) is 11.4. The third-order valence-electron chi connectivity index (χ3n) is 3.67. The van der Waals surface area contributed by atoms with Crippen LogP contribution in [-0.4, -0.2) is 34.4 Å². The highest BCUT2D eigenvalue weighted by molar-refractivity contribution is 7.17. The molecule has 140 valence electrons. The zero-order valence-electron chi connectivity index (χ0n) is 14.2. The first-order chi connectivity index (χ1) is 12.9. The van der Waals surface area contributed by atoms with Crippen molar-refractivity contribution >= 4 is 33.5 Å². The van der Waals surface area contributed by atoms with Gasteiger partial charge in [0.2, 0.25) is 5.91 Å². The fourth-order valence-corrected chi connectivity index (χ4v) is 3.13. The lowest BCUT2D eigenvalue weighted by atomic mass is 10.2. The van der Waals surface area contributed by atoms with Crippen LogP contribution in [0.3, 0.4) is 0 Å². The summed E-state index contributed by atoms with van der Waals surface area (Å²) in [5, 5.41) is 1.77. The second kappa shape index (κ2) is 8.09. The van der Waals surface area contributed by atoms with Crippen molar-refractivity contribution in [1.82, 2.24) is 14.9 Å². The summed E-state index contributed by atoms with van der Waals surface area (Å²) in [6, 6.07) is 7.90. The van der Waals surface area contributed by atoms with E-state index in [1.54, 1.807) is 36.7 Å². The molecule has 2 aromatic heterocycles. The van der Waals surface area contributed by atoms with Crippen molar-refractivity contribution < 1.29 is 18.3 Å². The van der Waals surface area contributed by atoms with Gasteiger partial charge in [-0.2, -0.15) is 8.78 Å². The number of thiophene rings is 1. The predicted octanol–water partition coefficient (Wildman–Crippen LogP) is 3.26. The van der Waals surface area contributed by atoms with Crippen LogP contribution in [0.5, 0.6) is 5.75 Å². The largest absolute Gasteiger partial charge is 0.434 e. The number of aromatic amines is 1. The van der Waals surface area contributed by atoms with Crippen molar-refractivity contribution in [3.63, 3.8) is 0 Å². The Bertz CT molecular complexity index is 1050. The fourth-order valence-electron chi connectivity index (χ4n) is 2.41. The van der Waals surface area contributed by atoms with Gasteiger partial charge in [0.15, 0.2) is 0 Å². The number of hydrogen-bond donors (Lipinski definition) is 1. The Morgan fingerprint density at radius 1 is 1.37 bits per heavy atom. The molecule has 0 radical (unpaired) electrons. The monoisotopic (exact) mass is 391 g/mol. The number of aromatic nitrogens is 2. The number of alkyl halides is 2. The van der Waals surface area contributed by atoms with Crippen LogP contribution in [0.25, 0.3) is 16.3 Å². The van der Waals surface area contributed by atoms with Gasteiger partial charge in [-0.25, -0.2) is 4.98 Å². The van der Waals surface area contributed by atoms with E-state index in [9.17, 15) is 18.4 Å². The third kappa shape index (κ3) is 4.56. The Morgan fingerprint density at radius 2 is 2.15 bits per heavy atom. The van der Waals surface area contributed by atoms with E-state index in [-0.39, 0.29) is 23.8 Å². The van der Waals surface area contributed by atoms with E-state index in [1.807, 2.05) is 0 Å². The maximum absolute atomic E-state index is 12.4. The minimum atomic E-state index is -2.95. The summed E-state index contributed by atoms with van der Waals surface area (Å²) in [6.45, 7) is -2.85. The van der Waals surface area contributed by atoms with Gasteiger partial charge in [-0.15, -0.1) is 11.3 Å². The van der Waals surface area contributed by atoms with Crippen LogP contribution < -0.4 is 10.3 Å². The van der Waals surface area contributed by atoms with E-state index in [4.69, 9.17) is 0 Å². The Hall–Kier alpha value is -3.07. The van der Waals surface area contributed by atoms with Crippen LogP contribution in [0.2, 0.25) is 0 Å². The first kappa shape index (κ1) is 18.7. The van der Waals surface area contributed by atoms with Crippen molar-refractivity contribution in [3.8, 4) is 5.75 Å². The molecular formula is C18H15F2N3O3S. The van der Waals surface area contributed by atoms with Gasteiger partial charge >= 0.3 is 6.61 Å². The van der Waals surface area contributed by atoms with Gasteiger partial charge in [-0.3, -0.25) is 9.59 Å². The number of carbonyl (C=O) groups is 1. The van der Waals surface area contributed by atoms with E-state index in [0.29, 0.717) is 21.6 Å². The molecular weight excluding hydrogens is 376 g/mol. The molecule has 1 amide bonds. The van der Waals surface area contributed by atoms with Crippen molar-refractivity contribution in [2.75, 3.05) is 7.05 Å². The highest BCUT2D eigenvalue weighted by atomic mass is 32.1. The molecule has 9 heteroatoms. The number of hydrogen-bond acceptors (Lipinski definition) is 5. The first-order valence-corrected chi connectivity index (χ1v) is 8.75. The molecule has 0 fully saturated rings. The zero-order chi connectivity index (χ0) is 19.4. The van der Waals surface area contributed by atoms with E-state index in [0.717, 1.165) is 0 Å². The number of ether oxygens (including phenoxy) is 1. The smallest absolute Gasteiger partial charge is 0.387 e. The van der Waals surface area contributed by atoms with Crippen LogP contribution in [-0.2, 0) is 11.3 Å². The predicted molar refractivity (Wildman–Crippen MR) is 98.8 cm³/mol. The number of benzene rings is 1. The van der Waals surface area contributed by atoms with Gasteiger partial charge in [-0.1, -0.05) is 18.2 Å². The van der Waals surface area contributed by atoms with E-state index in [1.165, 1.54) is 34.5 Å². The quantitative estimate of drug-likeness (QED) is 0.655. The fraction of sp³-hybridized carbons (Fsp3) is 0.167. The molecule has 1 N–H and O–H groups in total. The van der Waals surface area contributed by atoms with Gasteiger partial charge in [0.05, 0.1) is 12.1 Å². The summed E-state index contributed by atoms with van der Waals surface area (Å²) in [5.74, 6) is -0.0420. The third-order valence-corrected chi connectivity index (χ3v) is 4.57. The lowest BCUT2D eigenvalue weighted by molar-refractivity contribution is -0.125. The zero-order valence-corrected chi connectivity index (χ0v) is 15.0. The molecule has 0 bridgehead atoms. The number of nitrogens with one attached hydrogen (secondary N) is 1. The molecule has 27 heavy (non-hydrogen) atoms. The molecule has 0 spiro atoms. The molecule has 0 saturated carbocycles. The van der Waals surface area contributed by atoms with Gasteiger partial charge in [-0.05, 0) is 23.6 Å². The van der Waals surface area contributed by atoms with Gasteiger partial charge < -0.3 is 14.6 Å². The molecule has 1 aromatic carbocycles. The number of rotatable bonds is 6. The Morgan fingerprint density at radius 3 is 2.93 bits per heavy atom. The van der Waals surface area contributed by atoms with Crippen molar-refractivity contribution in [2.24, 2.45) is 0 Å². The molecule has 0 unspecified atom stereocenters. The van der Waals surface area contributed by atoms with Crippen molar-refractivity contribution in [1.29, 1.82) is 0 Å². The van der Waals surface area contributed by atoms with E-state index in [2.05, 4.69) is 14.7 Å². The van der Waals surface area contributed by atoms with Gasteiger partial charge in [0.1, 0.15) is 16.3 Å². The van der Waals surface area contributed by atoms with Gasteiger partial charge in [0, 0.05) is 18.7 Å². The number of carbonyl (C=O) groups excluding carboxylic acids is 1. The Kier molecular flexibility index (Phi) is 5.60. The number of nitrogens with zero attached hydrogens (tertiary/aromatic N) is 2. The SMILES string of the molecule is CN(Cc1nc2ccsc2c(=O)[nH]1)C(=O)/C=C/c1ccccc1OC(F)F. The standard InChI is InChI=1S/C18H15F2N3O3S/c1-23(10-14-21-12-8-9-27-16(12)17(25)22-14)15(24)7-6-11-4-2-3-5-13(11)26-18(19)20/h2-9,18H,10H2,1H3,(H,21,22,25)/b7-6+. The number of amides is 1. The lowest BCUT2D eigenvalue weighted by Gasteiger charge is -2.14. The highest BCUT2D eigenvalue weighted by Gasteiger charge is 2.11. The van der Waals surface area contributed by atoms with E-state index >= 15 is 0 Å². The number of likely N-dealkylation sites (N-methyl/N-ethyl adjacent to an activating group) is 1. The first-order valence-electron chi connectivity index (χ1n) is 7.87. The number of H-pyrrole nitrogens is 1. The van der Waals surface area contributed by atoms with Crippen LogP contribution in [0.4, 0.5) is 8.78 Å². The summed E-state index contributed by atoms with van der Waals surface area (Å²) < 4.78 is 29.8. The van der Waals surface area contributed by atoms with Crippen LogP contribution >= 0.6 is 11.3 Å². The minimum Gasteiger partial charge on any atom is -0.434 e. The average molecular weight is 391 g/mol. The molecule has 0 aliphatic rings. The molecule has 0 saturated heterocycles. The topological polar surface area (TPSA) is 75.3 Å². The summed E-state index contributed by atoms with van der Waals surface area (Å²) in [7, 11) is 1.55. The maximum Gasteiger partial charge on any atom is 0.387 e. The van der Waals surface area contributed by atoms with Crippen molar-refractivity contribution in [3.05, 3.63) is 63.5 Å². The summed E-state index contributed by atoms with van der Waals surface area (Å²) >= 11 is 1.30. The van der Waals surface area contributed by atoms with E-state index < -0.39 is 6.61 Å². The maximum atomic E-state index is 12.4. The summed E-state index contributed by atoms with van der Waals surface area (Å²) in [6.07, 6.45) is 2.64. The molecule has 2 heterocycles. The Labute approximate surface area is 156 Å². The summed E-state index contributed by atoms with van der Waals surface area (Å²) in [5.41, 5.74) is 0.679. The molecule has 3 rings (SSSR count). The van der Waals surface area contributed by atoms with Crippen molar-refractivity contribution in [2.45, 2.75) is 13.2 Å². The molecule has 0 atom stereocenters. The molecule has 0 aliphatic carbocycles. The van der Waals surface area contributed by atoms with Crippen LogP contribution in [0.15, 0.2) is 46.6 Å². The molecule has 3 aromatic rings.